The predicted octanol–water partition coefficient (Wildman–Crippen LogP) is 2.61. The first kappa shape index (κ1) is 17.6. The second kappa shape index (κ2) is 8.19. The van der Waals surface area contributed by atoms with Gasteiger partial charge in [0.15, 0.2) is 5.96 Å². The third kappa shape index (κ3) is 4.38. The number of furan rings is 1. The number of likely N-dealkylation sites (tertiary alicyclic amines) is 1. The smallest absolute Gasteiger partial charge is 0.191 e. The van der Waals surface area contributed by atoms with Crippen LogP contribution < -0.4 is 10.6 Å². The molecule has 22 heavy (non-hydrogen) atoms. The predicted molar refractivity (Wildman–Crippen MR) is 99.7 cm³/mol. The van der Waals surface area contributed by atoms with Gasteiger partial charge >= 0.3 is 0 Å². The maximum absolute atomic E-state index is 5.64. The van der Waals surface area contributed by atoms with Crippen LogP contribution in [0.1, 0.15) is 38.0 Å². The van der Waals surface area contributed by atoms with E-state index in [1.54, 1.807) is 6.26 Å². The molecule has 0 radical (unpaired) electrons. The summed E-state index contributed by atoms with van der Waals surface area (Å²) in [6.07, 6.45) is 5.57. The molecule has 2 fully saturated rings. The van der Waals surface area contributed by atoms with Crippen molar-refractivity contribution >= 4 is 29.9 Å². The van der Waals surface area contributed by atoms with Crippen molar-refractivity contribution in [2.24, 2.45) is 10.9 Å². The number of hydrogen-bond acceptors (Lipinski definition) is 3. The maximum atomic E-state index is 5.64. The van der Waals surface area contributed by atoms with Gasteiger partial charge in [0.1, 0.15) is 5.76 Å². The van der Waals surface area contributed by atoms with E-state index < -0.39 is 0 Å². The van der Waals surface area contributed by atoms with Gasteiger partial charge in [-0.05, 0) is 50.4 Å². The Kier molecular flexibility index (Phi) is 6.55. The van der Waals surface area contributed by atoms with Crippen molar-refractivity contribution in [3.8, 4) is 0 Å². The monoisotopic (exact) mass is 418 g/mol. The van der Waals surface area contributed by atoms with Crippen LogP contribution in [0.25, 0.3) is 0 Å². The molecule has 0 spiro atoms. The topological polar surface area (TPSA) is 52.8 Å². The van der Waals surface area contributed by atoms with Gasteiger partial charge < -0.3 is 15.1 Å². The van der Waals surface area contributed by atoms with Crippen molar-refractivity contribution in [3.63, 3.8) is 0 Å². The Morgan fingerprint density at radius 2 is 2.18 bits per heavy atom. The van der Waals surface area contributed by atoms with Crippen LogP contribution in [0.3, 0.4) is 0 Å². The lowest BCUT2D eigenvalue weighted by Gasteiger charge is -2.26. The van der Waals surface area contributed by atoms with E-state index in [1.165, 1.54) is 19.3 Å². The molecule has 1 aliphatic carbocycles. The van der Waals surface area contributed by atoms with Crippen LogP contribution in [0.2, 0.25) is 0 Å². The number of rotatable bonds is 5. The quantitative estimate of drug-likeness (QED) is 0.439. The summed E-state index contributed by atoms with van der Waals surface area (Å²) in [5.74, 6) is 2.71. The third-order valence-corrected chi connectivity index (χ3v) is 4.57. The van der Waals surface area contributed by atoms with Gasteiger partial charge in [0, 0.05) is 19.6 Å². The SMILES string of the molecule is CN=C(NCC(c1ccco1)N1CCCC1)NC1CC1C.I. The molecule has 3 atom stereocenters. The Balaban J connectivity index is 0.00000176. The first-order valence-electron chi connectivity index (χ1n) is 8.02. The minimum absolute atomic E-state index is 0. The molecular formula is C16H27IN4O. The van der Waals surface area contributed by atoms with Crippen molar-refractivity contribution in [1.29, 1.82) is 0 Å². The number of guanidine groups is 1. The molecule has 2 aliphatic rings. The van der Waals surface area contributed by atoms with Crippen LogP contribution in [-0.4, -0.2) is 43.6 Å². The molecule has 6 heteroatoms. The Morgan fingerprint density at radius 1 is 1.45 bits per heavy atom. The minimum atomic E-state index is 0. The maximum Gasteiger partial charge on any atom is 0.191 e. The van der Waals surface area contributed by atoms with Crippen molar-refractivity contribution in [2.75, 3.05) is 26.7 Å². The molecule has 1 aromatic heterocycles. The standard InChI is InChI=1S/C16H26N4O.HI/c1-12-10-13(12)19-16(17-2)18-11-14(15-6-5-9-21-15)20-7-3-4-8-20;/h5-6,9,12-14H,3-4,7-8,10-11H2,1-2H3,(H2,17,18,19);1H. The van der Waals surface area contributed by atoms with Crippen molar-refractivity contribution in [2.45, 2.75) is 38.3 Å². The molecule has 1 aliphatic heterocycles. The highest BCUT2D eigenvalue weighted by Gasteiger charge is 2.33. The van der Waals surface area contributed by atoms with E-state index in [0.717, 1.165) is 37.3 Å². The first-order chi connectivity index (χ1) is 10.3. The summed E-state index contributed by atoms with van der Waals surface area (Å²) >= 11 is 0. The number of halogens is 1. The normalized spacial score (nSPS) is 26.4. The third-order valence-electron chi connectivity index (χ3n) is 4.57. The molecule has 3 rings (SSSR count). The number of hydrogen-bond donors (Lipinski definition) is 2. The molecule has 1 saturated heterocycles. The summed E-state index contributed by atoms with van der Waals surface area (Å²) in [7, 11) is 1.83. The lowest BCUT2D eigenvalue weighted by Crippen LogP contribution is -2.43. The van der Waals surface area contributed by atoms with E-state index in [2.05, 4.69) is 33.5 Å². The summed E-state index contributed by atoms with van der Waals surface area (Å²) in [5.41, 5.74) is 0. The summed E-state index contributed by atoms with van der Waals surface area (Å²) in [6.45, 7) is 5.40. The van der Waals surface area contributed by atoms with Crippen LogP contribution in [0.4, 0.5) is 0 Å². The van der Waals surface area contributed by atoms with Crippen LogP contribution >= 0.6 is 24.0 Å². The Labute approximate surface area is 149 Å². The fourth-order valence-electron chi connectivity index (χ4n) is 3.03. The zero-order valence-electron chi connectivity index (χ0n) is 13.4. The molecular weight excluding hydrogens is 391 g/mol. The zero-order chi connectivity index (χ0) is 14.7. The van der Waals surface area contributed by atoms with Gasteiger partial charge in [-0.15, -0.1) is 24.0 Å². The fourth-order valence-corrected chi connectivity index (χ4v) is 3.03. The zero-order valence-corrected chi connectivity index (χ0v) is 15.7. The summed E-state index contributed by atoms with van der Waals surface area (Å²) in [4.78, 5) is 6.83. The molecule has 0 aromatic carbocycles. The molecule has 2 N–H and O–H groups in total. The summed E-state index contributed by atoms with van der Waals surface area (Å²) in [5, 5.41) is 6.94. The molecule has 0 amide bonds. The average Bonchev–Trinajstić information content (AvgIpc) is 3.00. The Bertz CT molecular complexity index is 471. The van der Waals surface area contributed by atoms with Crippen molar-refractivity contribution < 1.29 is 4.42 Å². The van der Waals surface area contributed by atoms with E-state index in [4.69, 9.17) is 4.42 Å². The molecule has 124 valence electrons. The molecule has 0 bridgehead atoms. The molecule has 1 aromatic rings. The fraction of sp³-hybridized carbons (Fsp3) is 0.688. The highest BCUT2D eigenvalue weighted by atomic mass is 127. The van der Waals surface area contributed by atoms with Crippen LogP contribution in [0.5, 0.6) is 0 Å². The van der Waals surface area contributed by atoms with E-state index in [1.807, 2.05) is 13.1 Å². The molecule has 5 nitrogen and oxygen atoms in total. The van der Waals surface area contributed by atoms with Crippen molar-refractivity contribution in [1.82, 2.24) is 15.5 Å². The number of nitrogens with one attached hydrogen (secondary N) is 2. The summed E-state index contributed by atoms with van der Waals surface area (Å²) < 4.78 is 5.64. The lowest BCUT2D eigenvalue weighted by molar-refractivity contribution is 0.215. The van der Waals surface area contributed by atoms with Gasteiger partial charge in [-0.2, -0.15) is 0 Å². The second-order valence-electron chi connectivity index (χ2n) is 6.19. The highest BCUT2D eigenvalue weighted by molar-refractivity contribution is 14.0. The lowest BCUT2D eigenvalue weighted by atomic mass is 10.2. The molecule has 3 unspecified atom stereocenters. The largest absolute Gasteiger partial charge is 0.468 e. The first-order valence-corrected chi connectivity index (χ1v) is 8.02. The van der Waals surface area contributed by atoms with Gasteiger partial charge in [0.2, 0.25) is 0 Å². The van der Waals surface area contributed by atoms with Gasteiger partial charge in [0.25, 0.3) is 0 Å². The number of aliphatic imine (C=N–C) groups is 1. The summed E-state index contributed by atoms with van der Waals surface area (Å²) in [6, 6.07) is 4.92. The van der Waals surface area contributed by atoms with Crippen LogP contribution in [0.15, 0.2) is 27.8 Å². The number of nitrogens with zero attached hydrogens (tertiary/aromatic N) is 2. The van der Waals surface area contributed by atoms with Crippen LogP contribution in [-0.2, 0) is 0 Å². The minimum Gasteiger partial charge on any atom is -0.468 e. The van der Waals surface area contributed by atoms with Gasteiger partial charge in [-0.25, -0.2) is 0 Å². The average molecular weight is 418 g/mol. The van der Waals surface area contributed by atoms with E-state index in [9.17, 15) is 0 Å². The molecule has 1 saturated carbocycles. The van der Waals surface area contributed by atoms with Crippen LogP contribution in [0, 0.1) is 5.92 Å². The Morgan fingerprint density at radius 3 is 2.73 bits per heavy atom. The van der Waals surface area contributed by atoms with Gasteiger partial charge in [0.05, 0.1) is 12.3 Å². The Hall–Kier alpha value is -0.760. The highest BCUT2D eigenvalue weighted by Crippen LogP contribution is 2.29. The van der Waals surface area contributed by atoms with Gasteiger partial charge in [-0.1, -0.05) is 6.92 Å². The van der Waals surface area contributed by atoms with E-state index in [0.29, 0.717) is 6.04 Å². The second-order valence-corrected chi connectivity index (χ2v) is 6.19. The van der Waals surface area contributed by atoms with E-state index in [-0.39, 0.29) is 30.0 Å². The molecule has 2 heterocycles. The van der Waals surface area contributed by atoms with Gasteiger partial charge in [-0.3, -0.25) is 9.89 Å². The van der Waals surface area contributed by atoms with Crippen molar-refractivity contribution in [3.05, 3.63) is 24.2 Å². The van der Waals surface area contributed by atoms with E-state index >= 15 is 0 Å².